The number of benzene rings is 3. The molecular weight excluding hydrogens is 498 g/mol. The molecule has 0 spiro atoms. The first-order chi connectivity index (χ1) is 15.2. The highest BCUT2D eigenvalue weighted by Gasteiger charge is 2.22. The Labute approximate surface area is 202 Å². The fraction of sp³-hybridized carbons (Fsp3) is 0. The molecule has 0 aliphatic rings. The molecule has 32 heavy (non-hydrogen) atoms. The summed E-state index contributed by atoms with van der Waals surface area (Å²) in [5, 5.41) is 24.5. The smallest absolute Gasteiger partial charge is 0.258 e. The minimum Gasteiger partial charge on any atom is -0.258 e. The molecule has 0 heterocycles. The van der Waals surface area contributed by atoms with Crippen LogP contribution in [0.25, 0.3) is 24.3 Å². The third kappa shape index (κ3) is 5.66. The van der Waals surface area contributed by atoms with Crippen LogP contribution in [0.5, 0.6) is 0 Å². The van der Waals surface area contributed by atoms with Crippen LogP contribution in [0, 0.1) is 20.2 Å². The van der Waals surface area contributed by atoms with Gasteiger partial charge in [-0.2, -0.15) is 0 Å². The van der Waals surface area contributed by atoms with Crippen LogP contribution in [-0.4, -0.2) is 9.85 Å². The maximum atomic E-state index is 11.5. The molecule has 3 aromatic rings. The molecule has 0 saturated carbocycles. The average Bonchev–Trinajstić information content (AvgIpc) is 2.74. The van der Waals surface area contributed by atoms with Gasteiger partial charge in [0.05, 0.1) is 47.1 Å². The van der Waals surface area contributed by atoms with Gasteiger partial charge in [-0.25, -0.2) is 0 Å². The van der Waals surface area contributed by atoms with Crippen LogP contribution in [0.15, 0.2) is 48.5 Å². The van der Waals surface area contributed by atoms with E-state index in [1.54, 1.807) is 48.6 Å². The fourth-order valence-electron chi connectivity index (χ4n) is 2.80. The highest BCUT2D eigenvalue weighted by molar-refractivity contribution is 6.42. The van der Waals surface area contributed by atoms with Gasteiger partial charge in [-0.05, 0) is 53.6 Å². The summed E-state index contributed by atoms with van der Waals surface area (Å²) < 4.78 is 0. The molecule has 0 bridgehead atoms. The lowest BCUT2D eigenvalue weighted by Gasteiger charge is -2.04. The molecule has 0 aromatic heterocycles. The van der Waals surface area contributed by atoms with Gasteiger partial charge in [-0.1, -0.05) is 70.7 Å². The zero-order valence-corrected chi connectivity index (χ0v) is 19.0. The van der Waals surface area contributed by atoms with E-state index < -0.39 is 21.2 Å². The first-order valence-electron chi connectivity index (χ1n) is 8.89. The normalized spacial score (nSPS) is 11.4. The van der Waals surface area contributed by atoms with Gasteiger partial charge in [0.25, 0.3) is 11.4 Å². The Morgan fingerprint density at radius 1 is 0.562 bits per heavy atom. The number of rotatable bonds is 6. The molecule has 3 aromatic carbocycles. The minimum absolute atomic E-state index is 0.181. The molecule has 0 aliphatic carbocycles. The van der Waals surface area contributed by atoms with Gasteiger partial charge in [0.1, 0.15) is 0 Å². The third-order valence-corrected chi connectivity index (χ3v) is 5.85. The van der Waals surface area contributed by atoms with Crippen molar-refractivity contribution in [2.45, 2.75) is 0 Å². The Kier molecular flexibility index (Phi) is 7.53. The molecule has 10 heteroatoms. The quantitative estimate of drug-likeness (QED) is 0.189. The van der Waals surface area contributed by atoms with E-state index in [2.05, 4.69) is 0 Å². The van der Waals surface area contributed by atoms with E-state index in [9.17, 15) is 20.2 Å². The van der Waals surface area contributed by atoms with E-state index >= 15 is 0 Å². The predicted octanol–water partition coefficient (Wildman–Crippen LogP) is 8.46. The zero-order valence-electron chi connectivity index (χ0n) is 16.0. The summed E-state index contributed by atoms with van der Waals surface area (Å²) >= 11 is 23.8. The van der Waals surface area contributed by atoms with Crippen LogP contribution < -0.4 is 0 Å². The Hall–Kier alpha value is -2.90. The van der Waals surface area contributed by atoms with Crippen molar-refractivity contribution in [3.05, 3.63) is 111 Å². The first-order valence-corrected chi connectivity index (χ1v) is 10.4. The van der Waals surface area contributed by atoms with Gasteiger partial charge in [-0.15, -0.1) is 0 Å². The van der Waals surface area contributed by atoms with Gasteiger partial charge in [0.2, 0.25) is 0 Å². The van der Waals surface area contributed by atoms with Crippen molar-refractivity contribution in [3.63, 3.8) is 0 Å². The van der Waals surface area contributed by atoms with Crippen molar-refractivity contribution in [2.24, 2.45) is 0 Å². The molecule has 0 atom stereocenters. The molecular formula is C22H12Cl4N2O4. The van der Waals surface area contributed by atoms with Crippen molar-refractivity contribution < 1.29 is 9.85 Å². The van der Waals surface area contributed by atoms with Crippen molar-refractivity contribution in [2.75, 3.05) is 0 Å². The van der Waals surface area contributed by atoms with Gasteiger partial charge >= 0.3 is 0 Å². The number of nitrogens with zero attached hydrogens (tertiary/aromatic N) is 2. The van der Waals surface area contributed by atoms with Gasteiger partial charge in [0, 0.05) is 0 Å². The van der Waals surface area contributed by atoms with Gasteiger partial charge in [-0.3, -0.25) is 20.2 Å². The molecule has 0 amide bonds. The Morgan fingerprint density at radius 2 is 0.969 bits per heavy atom. The molecule has 0 N–H and O–H groups in total. The lowest BCUT2D eigenvalue weighted by atomic mass is 10.0. The number of hydrogen-bond donors (Lipinski definition) is 0. The molecule has 0 aliphatic heterocycles. The largest absolute Gasteiger partial charge is 0.283 e. The second-order valence-electron chi connectivity index (χ2n) is 6.50. The van der Waals surface area contributed by atoms with E-state index in [1.807, 2.05) is 0 Å². The second kappa shape index (κ2) is 10.1. The van der Waals surface area contributed by atoms with Crippen molar-refractivity contribution in [1.29, 1.82) is 0 Å². The molecule has 0 radical (unpaired) electrons. The van der Waals surface area contributed by atoms with E-state index in [0.717, 1.165) is 6.07 Å². The second-order valence-corrected chi connectivity index (χ2v) is 8.13. The van der Waals surface area contributed by atoms with E-state index in [0.29, 0.717) is 31.2 Å². The summed E-state index contributed by atoms with van der Waals surface area (Å²) in [7, 11) is 0. The van der Waals surface area contributed by atoms with Crippen LogP contribution in [-0.2, 0) is 0 Å². The summed E-state index contributed by atoms with van der Waals surface area (Å²) in [6, 6.07) is 12.1. The van der Waals surface area contributed by atoms with Gasteiger partial charge < -0.3 is 0 Å². The van der Waals surface area contributed by atoms with Crippen LogP contribution in [0.2, 0.25) is 20.1 Å². The lowest BCUT2D eigenvalue weighted by Crippen LogP contribution is -1.98. The molecule has 0 unspecified atom stereocenters. The summed E-state index contributed by atoms with van der Waals surface area (Å²) in [5.41, 5.74) is 0.861. The number of halogens is 4. The van der Waals surface area contributed by atoms with Gasteiger partial charge in [0.15, 0.2) is 0 Å². The number of hydrogen-bond acceptors (Lipinski definition) is 4. The van der Waals surface area contributed by atoms with E-state index in [4.69, 9.17) is 46.4 Å². The van der Waals surface area contributed by atoms with E-state index in [1.165, 1.54) is 18.2 Å². The summed E-state index contributed by atoms with van der Waals surface area (Å²) in [6.07, 6.45) is 6.17. The van der Waals surface area contributed by atoms with Crippen molar-refractivity contribution >= 4 is 82.1 Å². The number of nitro benzene ring substituents is 2. The predicted molar refractivity (Wildman–Crippen MR) is 131 cm³/mol. The standard InChI is InChI=1S/C22H12Cl4N2O4/c23-17-7-3-13(9-19(17)25)1-5-15-11-16(22(28(31)32)12-21(15)27(29)30)6-2-14-4-8-18(24)20(26)10-14/h1-12H/b5-1-,6-2+. The fourth-order valence-corrected chi connectivity index (χ4v) is 3.41. The summed E-state index contributed by atoms with van der Waals surface area (Å²) in [5.74, 6) is 0. The summed E-state index contributed by atoms with van der Waals surface area (Å²) in [4.78, 5) is 21.7. The molecule has 162 valence electrons. The summed E-state index contributed by atoms with van der Waals surface area (Å²) in [6.45, 7) is 0. The first kappa shape index (κ1) is 23.8. The average molecular weight is 510 g/mol. The highest BCUT2D eigenvalue weighted by atomic mass is 35.5. The third-order valence-electron chi connectivity index (χ3n) is 4.37. The molecule has 0 saturated heterocycles. The molecule has 3 rings (SSSR count). The van der Waals surface area contributed by atoms with Crippen LogP contribution in [0.1, 0.15) is 22.3 Å². The van der Waals surface area contributed by atoms with Crippen LogP contribution in [0.4, 0.5) is 11.4 Å². The topological polar surface area (TPSA) is 86.3 Å². The lowest BCUT2D eigenvalue weighted by molar-refractivity contribution is -0.394. The minimum atomic E-state index is -0.673. The van der Waals surface area contributed by atoms with Crippen LogP contribution >= 0.6 is 46.4 Å². The molecule has 0 fully saturated rings. The van der Waals surface area contributed by atoms with E-state index in [-0.39, 0.29) is 11.1 Å². The Morgan fingerprint density at radius 3 is 1.31 bits per heavy atom. The maximum absolute atomic E-state index is 11.5. The SMILES string of the molecule is O=[N+]([O-])c1cc([N+](=O)[O-])c(/C=C/c2ccc(Cl)c(Cl)c2)cc1/C=C\c1ccc(Cl)c(Cl)c1. The maximum Gasteiger partial charge on any atom is 0.283 e. The monoisotopic (exact) mass is 508 g/mol. The van der Waals surface area contributed by atoms with Crippen LogP contribution in [0.3, 0.4) is 0 Å². The zero-order chi connectivity index (χ0) is 23.4. The molecule has 6 nitrogen and oxygen atoms in total. The highest BCUT2D eigenvalue weighted by Crippen LogP contribution is 2.32. The Bertz CT molecular complexity index is 1190. The number of nitro groups is 2. The Balaban J connectivity index is 2.07. The van der Waals surface area contributed by atoms with Crippen molar-refractivity contribution in [3.8, 4) is 0 Å². The van der Waals surface area contributed by atoms with Crippen molar-refractivity contribution in [1.82, 2.24) is 0 Å².